The number of benzene rings is 1. The van der Waals surface area contributed by atoms with Crippen LogP contribution in [-0.2, 0) is 4.74 Å². The van der Waals surface area contributed by atoms with Gasteiger partial charge in [-0.15, -0.1) is 0 Å². The van der Waals surface area contributed by atoms with Gasteiger partial charge in [0.15, 0.2) is 0 Å². The van der Waals surface area contributed by atoms with Crippen molar-refractivity contribution in [3.8, 4) is 0 Å². The quantitative estimate of drug-likeness (QED) is 0.778. The predicted octanol–water partition coefficient (Wildman–Crippen LogP) is 3.33. The molecule has 1 N–H and O–H groups in total. The SMILES string of the molecule is COCCC(C)C(CNC1CC1)c1ccc(F)cc1. The third-order valence-corrected chi connectivity index (χ3v) is 3.97. The van der Waals surface area contributed by atoms with Crippen molar-refractivity contribution < 1.29 is 9.13 Å². The van der Waals surface area contributed by atoms with Crippen molar-refractivity contribution >= 4 is 0 Å². The molecule has 2 nitrogen and oxygen atoms in total. The summed E-state index contributed by atoms with van der Waals surface area (Å²) in [6.45, 7) is 4.01. The van der Waals surface area contributed by atoms with E-state index in [1.807, 2.05) is 12.1 Å². The molecule has 1 aromatic rings. The second-order valence-corrected chi connectivity index (χ2v) is 5.60. The highest BCUT2D eigenvalue weighted by Crippen LogP contribution is 2.28. The van der Waals surface area contributed by atoms with Crippen molar-refractivity contribution in [1.29, 1.82) is 0 Å². The smallest absolute Gasteiger partial charge is 0.123 e. The van der Waals surface area contributed by atoms with Crippen LogP contribution in [0.1, 0.15) is 37.7 Å². The summed E-state index contributed by atoms with van der Waals surface area (Å²) in [7, 11) is 1.74. The molecule has 2 rings (SSSR count). The minimum atomic E-state index is -0.165. The largest absolute Gasteiger partial charge is 0.385 e. The number of halogens is 1. The van der Waals surface area contributed by atoms with Crippen LogP contribution >= 0.6 is 0 Å². The standard InChI is InChI=1S/C16H24FNO/c1-12(9-10-19-2)16(11-18-15-7-8-15)13-3-5-14(17)6-4-13/h3-6,12,15-16,18H,7-11H2,1-2H3. The fourth-order valence-corrected chi connectivity index (χ4v) is 2.44. The number of rotatable bonds is 8. The fourth-order valence-electron chi connectivity index (χ4n) is 2.44. The Morgan fingerprint density at radius 1 is 1.32 bits per heavy atom. The molecule has 1 aliphatic carbocycles. The molecule has 2 atom stereocenters. The highest BCUT2D eigenvalue weighted by atomic mass is 19.1. The normalized spacial score (nSPS) is 18.3. The molecular formula is C16H24FNO. The maximum Gasteiger partial charge on any atom is 0.123 e. The number of methoxy groups -OCH3 is 1. The Hall–Kier alpha value is -0.930. The monoisotopic (exact) mass is 265 g/mol. The minimum absolute atomic E-state index is 0.165. The van der Waals surface area contributed by atoms with Crippen LogP contribution in [0.2, 0.25) is 0 Å². The molecule has 0 bridgehead atoms. The third kappa shape index (κ3) is 4.59. The van der Waals surface area contributed by atoms with Gasteiger partial charge in [0.25, 0.3) is 0 Å². The summed E-state index contributed by atoms with van der Waals surface area (Å²) in [6, 6.07) is 7.65. The molecule has 1 saturated carbocycles. The number of nitrogens with one attached hydrogen (secondary N) is 1. The summed E-state index contributed by atoms with van der Waals surface area (Å²) < 4.78 is 18.2. The van der Waals surface area contributed by atoms with Gasteiger partial charge >= 0.3 is 0 Å². The maximum absolute atomic E-state index is 13.0. The summed E-state index contributed by atoms with van der Waals surface area (Å²) in [5.41, 5.74) is 1.22. The second-order valence-electron chi connectivity index (χ2n) is 5.60. The van der Waals surface area contributed by atoms with Gasteiger partial charge in [-0.1, -0.05) is 19.1 Å². The Balaban J connectivity index is 2.00. The Kier molecular flexibility index (Phi) is 5.34. The van der Waals surface area contributed by atoms with Crippen molar-refractivity contribution in [2.75, 3.05) is 20.3 Å². The van der Waals surface area contributed by atoms with Crippen LogP contribution in [0, 0.1) is 11.7 Å². The topological polar surface area (TPSA) is 21.3 Å². The summed E-state index contributed by atoms with van der Waals surface area (Å²) >= 11 is 0. The van der Waals surface area contributed by atoms with Gasteiger partial charge < -0.3 is 10.1 Å². The lowest BCUT2D eigenvalue weighted by molar-refractivity contribution is 0.173. The predicted molar refractivity (Wildman–Crippen MR) is 75.8 cm³/mol. The van der Waals surface area contributed by atoms with Gasteiger partial charge in [-0.2, -0.15) is 0 Å². The first-order valence-electron chi connectivity index (χ1n) is 7.18. The molecule has 1 aliphatic rings. The highest BCUT2D eigenvalue weighted by Gasteiger charge is 2.25. The molecule has 0 aliphatic heterocycles. The molecule has 1 fully saturated rings. The summed E-state index contributed by atoms with van der Waals surface area (Å²) in [5, 5.41) is 3.59. The molecule has 2 unspecified atom stereocenters. The van der Waals surface area contributed by atoms with Gasteiger partial charge in [-0.3, -0.25) is 0 Å². The lowest BCUT2D eigenvalue weighted by Crippen LogP contribution is -2.27. The second kappa shape index (κ2) is 7.01. The first-order valence-corrected chi connectivity index (χ1v) is 7.18. The van der Waals surface area contributed by atoms with Gasteiger partial charge in [0, 0.05) is 26.3 Å². The van der Waals surface area contributed by atoms with E-state index in [-0.39, 0.29) is 5.82 Å². The van der Waals surface area contributed by atoms with Crippen molar-refractivity contribution in [2.45, 2.75) is 38.1 Å². The Labute approximate surface area is 115 Å². The summed E-state index contributed by atoms with van der Waals surface area (Å²) in [5.74, 6) is 0.787. The van der Waals surface area contributed by atoms with E-state index in [4.69, 9.17) is 4.74 Å². The van der Waals surface area contributed by atoms with E-state index in [1.165, 1.54) is 18.4 Å². The molecule has 106 valence electrons. The van der Waals surface area contributed by atoms with Crippen LogP contribution in [0.4, 0.5) is 4.39 Å². The average molecular weight is 265 g/mol. The summed E-state index contributed by atoms with van der Waals surface area (Å²) in [4.78, 5) is 0. The van der Waals surface area contributed by atoms with Crippen LogP contribution in [0.25, 0.3) is 0 Å². The zero-order valence-electron chi connectivity index (χ0n) is 11.9. The van der Waals surface area contributed by atoms with E-state index < -0.39 is 0 Å². The lowest BCUT2D eigenvalue weighted by atomic mass is 9.85. The zero-order chi connectivity index (χ0) is 13.7. The van der Waals surface area contributed by atoms with Crippen LogP contribution in [0.15, 0.2) is 24.3 Å². The molecule has 0 heterocycles. The molecule has 0 amide bonds. The van der Waals surface area contributed by atoms with Crippen LogP contribution < -0.4 is 5.32 Å². The third-order valence-electron chi connectivity index (χ3n) is 3.97. The van der Waals surface area contributed by atoms with Crippen LogP contribution in [0.5, 0.6) is 0 Å². The van der Waals surface area contributed by atoms with E-state index in [9.17, 15) is 4.39 Å². The molecular weight excluding hydrogens is 241 g/mol. The lowest BCUT2D eigenvalue weighted by Gasteiger charge is -2.25. The Morgan fingerprint density at radius 3 is 2.58 bits per heavy atom. The van der Waals surface area contributed by atoms with Crippen molar-refractivity contribution in [3.63, 3.8) is 0 Å². The average Bonchev–Trinajstić information content (AvgIpc) is 3.22. The van der Waals surface area contributed by atoms with Gasteiger partial charge in [-0.25, -0.2) is 4.39 Å². The molecule has 19 heavy (non-hydrogen) atoms. The number of ether oxygens (including phenoxy) is 1. The molecule has 0 spiro atoms. The molecule has 1 aromatic carbocycles. The van der Waals surface area contributed by atoms with Gasteiger partial charge in [-0.05, 0) is 48.8 Å². The molecule has 0 saturated heterocycles. The Bertz CT molecular complexity index is 375. The van der Waals surface area contributed by atoms with E-state index >= 15 is 0 Å². The Morgan fingerprint density at radius 2 is 2.00 bits per heavy atom. The first kappa shape index (κ1) is 14.5. The van der Waals surface area contributed by atoms with Gasteiger partial charge in [0.1, 0.15) is 5.82 Å². The molecule has 3 heteroatoms. The van der Waals surface area contributed by atoms with Gasteiger partial charge in [0.05, 0.1) is 0 Å². The maximum atomic E-state index is 13.0. The zero-order valence-corrected chi connectivity index (χ0v) is 11.9. The van der Waals surface area contributed by atoms with Crippen molar-refractivity contribution in [1.82, 2.24) is 5.32 Å². The molecule has 0 aromatic heterocycles. The molecule has 0 radical (unpaired) electrons. The highest BCUT2D eigenvalue weighted by molar-refractivity contribution is 5.21. The van der Waals surface area contributed by atoms with E-state index in [2.05, 4.69) is 12.2 Å². The summed E-state index contributed by atoms with van der Waals surface area (Å²) in [6.07, 6.45) is 3.62. The van der Waals surface area contributed by atoms with Crippen LogP contribution in [0.3, 0.4) is 0 Å². The van der Waals surface area contributed by atoms with E-state index in [0.717, 1.165) is 19.6 Å². The van der Waals surface area contributed by atoms with Crippen LogP contribution in [-0.4, -0.2) is 26.3 Å². The van der Waals surface area contributed by atoms with E-state index in [1.54, 1.807) is 19.2 Å². The van der Waals surface area contributed by atoms with Gasteiger partial charge in [0.2, 0.25) is 0 Å². The number of hydrogen-bond acceptors (Lipinski definition) is 2. The number of hydrogen-bond donors (Lipinski definition) is 1. The fraction of sp³-hybridized carbons (Fsp3) is 0.625. The first-order chi connectivity index (χ1) is 9.20. The van der Waals surface area contributed by atoms with E-state index in [0.29, 0.717) is 17.9 Å². The van der Waals surface area contributed by atoms with Crippen molar-refractivity contribution in [3.05, 3.63) is 35.6 Å². The van der Waals surface area contributed by atoms with Crippen molar-refractivity contribution in [2.24, 2.45) is 5.92 Å². The minimum Gasteiger partial charge on any atom is -0.385 e.